The van der Waals surface area contributed by atoms with E-state index in [2.05, 4.69) is 25.3 Å². The third-order valence-corrected chi connectivity index (χ3v) is 5.92. The number of carboxylic acid groups (broad SMARTS) is 3. The molecule has 1 atom stereocenters. The predicted octanol–water partition coefficient (Wildman–Crippen LogP) is 1.28. The van der Waals surface area contributed by atoms with Crippen LogP contribution in [0.2, 0.25) is 0 Å². The van der Waals surface area contributed by atoms with Gasteiger partial charge in [-0.3, -0.25) is 14.4 Å². The number of rotatable bonds is 15. The zero-order valence-electron chi connectivity index (χ0n) is 21.5. The summed E-state index contributed by atoms with van der Waals surface area (Å²) in [4.78, 5) is 64.4. The van der Waals surface area contributed by atoms with Crippen LogP contribution in [0.25, 0.3) is 11.2 Å². The highest BCUT2D eigenvalue weighted by Crippen LogP contribution is 2.21. The number of benzene rings is 1. The Labute approximate surface area is 228 Å². The molecule has 0 aliphatic rings. The van der Waals surface area contributed by atoms with Crippen LogP contribution in [0.5, 0.6) is 0 Å². The Kier molecular flexibility index (Phi) is 10.0. The molecular weight excluding hydrogens is 524 g/mol. The number of carbonyl (C=O) groups excluding carboxylic acids is 1. The van der Waals surface area contributed by atoms with Gasteiger partial charge in [0, 0.05) is 30.6 Å². The summed E-state index contributed by atoms with van der Waals surface area (Å²) in [5.74, 6) is -3.93. The number of amides is 1. The molecule has 0 aliphatic heterocycles. The number of unbranched alkanes of at least 4 members (excludes halogenated alkanes) is 2. The summed E-state index contributed by atoms with van der Waals surface area (Å²) in [5, 5.41) is 29.4. The molecule has 1 amide bonds. The molecule has 2 aromatic heterocycles. The van der Waals surface area contributed by atoms with Gasteiger partial charge in [0.2, 0.25) is 5.95 Å². The van der Waals surface area contributed by atoms with Crippen LogP contribution in [0.4, 0.5) is 17.5 Å². The van der Waals surface area contributed by atoms with Crippen LogP contribution in [0, 0.1) is 0 Å². The first-order valence-corrected chi connectivity index (χ1v) is 12.4. The number of carbonyl (C=O) groups is 4. The highest BCUT2D eigenvalue weighted by atomic mass is 16.4. The number of hydrogen-bond acceptors (Lipinski definition) is 11. The van der Waals surface area contributed by atoms with Crippen molar-refractivity contribution in [1.82, 2.24) is 25.3 Å². The molecule has 0 radical (unpaired) electrons. The SMILES string of the molecule is Nc1nc(N)c2nc(CN(CCCCCC(=O)O)c3ccc(C(=O)NC(CCC(=O)O)C(=O)O)cc3)cnc2n1. The molecule has 212 valence electrons. The Morgan fingerprint density at radius 2 is 1.60 bits per heavy atom. The second-order valence-electron chi connectivity index (χ2n) is 8.97. The molecule has 8 N–H and O–H groups in total. The van der Waals surface area contributed by atoms with E-state index in [-0.39, 0.29) is 35.8 Å². The van der Waals surface area contributed by atoms with Crippen LogP contribution in [-0.4, -0.2) is 71.7 Å². The fraction of sp³-hybridized carbons (Fsp3) is 0.360. The number of carboxylic acids is 3. The zero-order chi connectivity index (χ0) is 29.2. The van der Waals surface area contributed by atoms with E-state index in [0.29, 0.717) is 43.6 Å². The van der Waals surface area contributed by atoms with E-state index >= 15 is 0 Å². The van der Waals surface area contributed by atoms with Crippen molar-refractivity contribution < 1.29 is 34.5 Å². The third kappa shape index (κ3) is 8.47. The van der Waals surface area contributed by atoms with Gasteiger partial charge in [0.25, 0.3) is 5.91 Å². The first kappa shape index (κ1) is 29.5. The lowest BCUT2D eigenvalue weighted by Gasteiger charge is -2.25. The molecule has 0 saturated heterocycles. The summed E-state index contributed by atoms with van der Waals surface area (Å²) in [6.45, 7) is 0.836. The van der Waals surface area contributed by atoms with Crippen molar-refractivity contribution in [3.63, 3.8) is 0 Å². The van der Waals surface area contributed by atoms with Gasteiger partial charge in [0.1, 0.15) is 6.04 Å². The van der Waals surface area contributed by atoms with Crippen molar-refractivity contribution in [2.24, 2.45) is 0 Å². The minimum Gasteiger partial charge on any atom is -0.481 e. The van der Waals surface area contributed by atoms with Crippen molar-refractivity contribution in [1.29, 1.82) is 0 Å². The molecule has 3 rings (SSSR count). The molecule has 15 heteroatoms. The predicted molar refractivity (Wildman–Crippen MR) is 143 cm³/mol. The molecule has 0 bridgehead atoms. The Morgan fingerprint density at radius 3 is 2.25 bits per heavy atom. The highest BCUT2D eigenvalue weighted by molar-refractivity contribution is 5.97. The topological polar surface area (TPSA) is 248 Å². The molecule has 0 aliphatic carbocycles. The van der Waals surface area contributed by atoms with Gasteiger partial charge in [-0.05, 0) is 43.5 Å². The summed E-state index contributed by atoms with van der Waals surface area (Å²) in [6, 6.07) is 5.08. The van der Waals surface area contributed by atoms with Crippen LogP contribution < -0.4 is 21.7 Å². The molecule has 0 saturated carbocycles. The van der Waals surface area contributed by atoms with Gasteiger partial charge < -0.3 is 37.0 Å². The molecule has 15 nitrogen and oxygen atoms in total. The fourth-order valence-corrected chi connectivity index (χ4v) is 3.90. The third-order valence-electron chi connectivity index (χ3n) is 5.92. The average Bonchev–Trinajstić information content (AvgIpc) is 2.90. The Morgan fingerprint density at radius 1 is 0.900 bits per heavy atom. The van der Waals surface area contributed by atoms with Gasteiger partial charge in [-0.2, -0.15) is 9.97 Å². The molecule has 0 fully saturated rings. The number of fused-ring (bicyclic) bond motifs is 1. The summed E-state index contributed by atoms with van der Waals surface area (Å²) >= 11 is 0. The molecule has 0 spiro atoms. The lowest BCUT2D eigenvalue weighted by molar-refractivity contribution is -0.141. The van der Waals surface area contributed by atoms with Crippen molar-refractivity contribution >= 4 is 52.4 Å². The lowest BCUT2D eigenvalue weighted by atomic mass is 10.1. The maximum absolute atomic E-state index is 12.6. The van der Waals surface area contributed by atoms with Gasteiger partial charge in [-0.1, -0.05) is 6.42 Å². The number of aliphatic carboxylic acids is 3. The molecule has 2 heterocycles. The van der Waals surface area contributed by atoms with Gasteiger partial charge in [-0.25, -0.2) is 14.8 Å². The summed E-state index contributed by atoms with van der Waals surface area (Å²) in [5.41, 5.74) is 13.6. The standard InChI is InChI=1S/C25H30N8O7/c26-21-20-22(32-25(27)31-21)28-12-15(29-20)13-33(11-3-1-2-4-18(34)35)16-7-5-14(6-8-16)23(38)30-17(24(39)40)9-10-19(36)37/h5-8,12,17H,1-4,9-11,13H2,(H,30,38)(H,34,35)(H,36,37)(H,39,40)(H4,26,27,28,31,32). The second kappa shape index (κ2) is 13.6. The number of nitrogens with one attached hydrogen (secondary N) is 1. The van der Waals surface area contributed by atoms with E-state index < -0.39 is 36.3 Å². The highest BCUT2D eigenvalue weighted by Gasteiger charge is 2.22. The normalized spacial score (nSPS) is 11.6. The van der Waals surface area contributed by atoms with Crippen LogP contribution in [0.1, 0.15) is 54.6 Å². The number of nitrogen functional groups attached to an aromatic ring is 2. The van der Waals surface area contributed by atoms with Crippen LogP contribution in [-0.2, 0) is 20.9 Å². The smallest absolute Gasteiger partial charge is 0.326 e. The van der Waals surface area contributed by atoms with Crippen molar-refractivity contribution in [3.8, 4) is 0 Å². The summed E-state index contributed by atoms with van der Waals surface area (Å²) < 4.78 is 0. The van der Waals surface area contributed by atoms with Crippen LogP contribution in [0.15, 0.2) is 30.5 Å². The average molecular weight is 555 g/mol. The van der Waals surface area contributed by atoms with Crippen LogP contribution >= 0.6 is 0 Å². The van der Waals surface area contributed by atoms with Gasteiger partial charge >= 0.3 is 17.9 Å². The largest absolute Gasteiger partial charge is 0.481 e. The number of nitrogens with zero attached hydrogens (tertiary/aromatic N) is 5. The number of aromatic nitrogens is 4. The molecule has 40 heavy (non-hydrogen) atoms. The lowest BCUT2D eigenvalue weighted by Crippen LogP contribution is -2.41. The minimum atomic E-state index is -1.34. The summed E-state index contributed by atoms with van der Waals surface area (Å²) in [6.07, 6.45) is 2.85. The molecule has 1 unspecified atom stereocenters. The number of anilines is 3. The maximum atomic E-state index is 12.6. The van der Waals surface area contributed by atoms with Crippen LogP contribution in [0.3, 0.4) is 0 Å². The Bertz CT molecular complexity index is 1380. The summed E-state index contributed by atoms with van der Waals surface area (Å²) in [7, 11) is 0. The van der Waals surface area contributed by atoms with E-state index in [9.17, 15) is 24.3 Å². The van der Waals surface area contributed by atoms with E-state index in [1.807, 2.05) is 4.90 Å². The Balaban J connectivity index is 1.77. The maximum Gasteiger partial charge on any atom is 0.326 e. The van der Waals surface area contributed by atoms with Crippen molar-refractivity contribution in [3.05, 3.63) is 41.7 Å². The van der Waals surface area contributed by atoms with E-state index in [4.69, 9.17) is 21.7 Å². The van der Waals surface area contributed by atoms with Gasteiger partial charge in [0.15, 0.2) is 17.0 Å². The first-order chi connectivity index (χ1) is 19.0. The van der Waals surface area contributed by atoms with Gasteiger partial charge in [-0.15, -0.1) is 0 Å². The second-order valence-corrected chi connectivity index (χ2v) is 8.97. The molecule has 1 aromatic carbocycles. The number of nitrogens with two attached hydrogens (primary N) is 2. The van der Waals surface area contributed by atoms with Crippen molar-refractivity contribution in [2.75, 3.05) is 22.9 Å². The fourth-order valence-electron chi connectivity index (χ4n) is 3.90. The monoisotopic (exact) mass is 554 g/mol. The van der Waals surface area contributed by atoms with Gasteiger partial charge in [0.05, 0.1) is 18.4 Å². The Hall–Kier alpha value is -5.08. The van der Waals surface area contributed by atoms with E-state index in [1.54, 1.807) is 12.1 Å². The van der Waals surface area contributed by atoms with E-state index in [1.165, 1.54) is 18.3 Å². The van der Waals surface area contributed by atoms with E-state index in [0.717, 1.165) is 5.69 Å². The minimum absolute atomic E-state index is 0.0178. The molecular formula is C25H30N8O7. The first-order valence-electron chi connectivity index (χ1n) is 12.4. The zero-order valence-corrected chi connectivity index (χ0v) is 21.5. The quantitative estimate of drug-likeness (QED) is 0.145. The molecule has 3 aromatic rings. The van der Waals surface area contributed by atoms with Crippen molar-refractivity contribution in [2.45, 2.75) is 51.1 Å². The number of hydrogen-bond donors (Lipinski definition) is 6.